The topological polar surface area (TPSA) is 24.9 Å². The zero-order chi connectivity index (χ0) is 21.6. The maximum Gasteiger partial charge on any atom is 0.113 e. The van der Waals surface area contributed by atoms with Crippen LogP contribution in [0, 0.1) is 11.8 Å². The highest BCUT2D eigenvalue weighted by Crippen LogP contribution is 2.36. The zero-order valence-corrected chi connectivity index (χ0v) is 20.7. The molecule has 5 aliphatic rings. The predicted octanol–water partition coefficient (Wildman–Crippen LogP) is 6.34. The van der Waals surface area contributed by atoms with E-state index < -0.39 is 0 Å². The van der Waals surface area contributed by atoms with Crippen LogP contribution in [0.4, 0.5) is 0 Å². The smallest absolute Gasteiger partial charge is 0.113 e. The Hall–Kier alpha value is -0.160. The first kappa shape index (κ1) is 23.6. The molecule has 184 valence electrons. The molecule has 0 aliphatic carbocycles. The normalized spacial score (nSPS) is 41.6. The van der Waals surface area contributed by atoms with Gasteiger partial charge in [0.05, 0.1) is 12.2 Å². The van der Waals surface area contributed by atoms with Crippen LogP contribution in [0.25, 0.3) is 0 Å². The number of hydrogen-bond donors (Lipinski definition) is 0. The molecule has 4 heteroatoms. The number of fused-ring (bicyclic) bond motifs is 2. The standard InChI is InChI=1S/C28H50N2O2/c1-3-7-15-25-17-21-30-20-10-14-24(28(30)31-25)12-6-2-4-8-16-26-18-22-29-19-9-13-23(11-5-1)27(29)32-26/h23-28H,1-22H2/t23-,24-,25+,26+,27+,28+/m1/s1. The first-order chi connectivity index (χ1) is 15.9. The summed E-state index contributed by atoms with van der Waals surface area (Å²) in [5.74, 6) is 1.57. The van der Waals surface area contributed by atoms with Crippen LogP contribution >= 0.6 is 0 Å². The van der Waals surface area contributed by atoms with Gasteiger partial charge in [-0.3, -0.25) is 9.80 Å². The van der Waals surface area contributed by atoms with Crippen molar-refractivity contribution in [3.05, 3.63) is 0 Å². The van der Waals surface area contributed by atoms with Crippen LogP contribution in [0.3, 0.4) is 0 Å². The van der Waals surface area contributed by atoms with Gasteiger partial charge in [-0.25, -0.2) is 0 Å². The van der Waals surface area contributed by atoms with Gasteiger partial charge in [0.25, 0.3) is 0 Å². The number of rotatable bonds is 0. The number of hydrogen-bond acceptors (Lipinski definition) is 4. The van der Waals surface area contributed by atoms with Crippen molar-refractivity contribution in [3.63, 3.8) is 0 Å². The first-order valence-electron chi connectivity index (χ1n) is 14.7. The lowest BCUT2D eigenvalue weighted by molar-refractivity contribution is -0.183. The van der Waals surface area contributed by atoms with E-state index in [0.717, 1.165) is 11.8 Å². The van der Waals surface area contributed by atoms with Gasteiger partial charge in [-0.1, -0.05) is 51.4 Å². The second-order valence-electron chi connectivity index (χ2n) is 11.7. The average molecular weight is 447 g/mol. The fraction of sp³-hybridized carbons (Fsp3) is 1.00. The third kappa shape index (κ3) is 6.09. The van der Waals surface area contributed by atoms with Gasteiger partial charge in [-0.15, -0.1) is 0 Å². The lowest BCUT2D eigenvalue weighted by Gasteiger charge is -2.47. The van der Waals surface area contributed by atoms with Crippen LogP contribution in [0.15, 0.2) is 0 Å². The summed E-state index contributed by atoms with van der Waals surface area (Å²) in [6.07, 6.45) is 26.5. The Labute approximate surface area is 197 Å². The molecule has 0 aromatic carbocycles. The molecule has 6 atom stereocenters. The van der Waals surface area contributed by atoms with Crippen LogP contribution in [0.2, 0.25) is 0 Å². The third-order valence-corrected chi connectivity index (χ3v) is 9.41. The number of ether oxygens (including phenoxy) is 2. The van der Waals surface area contributed by atoms with E-state index in [0.29, 0.717) is 24.7 Å². The Morgan fingerprint density at radius 2 is 0.781 bits per heavy atom. The first-order valence-corrected chi connectivity index (χ1v) is 14.7. The summed E-state index contributed by atoms with van der Waals surface area (Å²) in [7, 11) is 0. The Balaban J connectivity index is 1.16. The highest BCUT2D eigenvalue weighted by atomic mass is 16.5. The fourth-order valence-corrected chi connectivity index (χ4v) is 7.53. The van der Waals surface area contributed by atoms with E-state index in [1.807, 2.05) is 0 Å². The molecule has 0 spiro atoms. The van der Waals surface area contributed by atoms with Gasteiger partial charge < -0.3 is 9.47 Å². The monoisotopic (exact) mass is 446 g/mol. The largest absolute Gasteiger partial charge is 0.360 e. The van der Waals surface area contributed by atoms with Gasteiger partial charge in [0.15, 0.2) is 0 Å². The second kappa shape index (κ2) is 12.0. The summed E-state index contributed by atoms with van der Waals surface area (Å²) in [6.45, 7) is 5.11. The molecule has 0 radical (unpaired) electrons. The van der Waals surface area contributed by atoms with Crippen molar-refractivity contribution < 1.29 is 9.47 Å². The summed E-state index contributed by atoms with van der Waals surface area (Å²) in [5.41, 5.74) is 0. The van der Waals surface area contributed by atoms with Crippen molar-refractivity contribution in [1.29, 1.82) is 0 Å². The molecule has 0 aromatic rings. The lowest BCUT2D eigenvalue weighted by Crippen LogP contribution is -2.53. The third-order valence-electron chi connectivity index (χ3n) is 9.41. The predicted molar refractivity (Wildman–Crippen MR) is 131 cm³/mol. The minimum absolute atomic E-state index is 0.440. The van der Waals surface area contributed by atoms with Crippen LogP contribution in [-0.4, -0.2) is 60.6 Å². The van der Waals surface area contributed by atoms with Gasteiger partial charge >= 0.3 is 0 Å². The number of nitrogens with zero attached hydrogens (tertiary/aromatic N) is 2. The van der Waals surface area contributed by atoms with Crippen molar-refractivity contribution >= 4 is 0 Å². The molecule has 5 rings (SSSR count). The quantitative estimate of drug-likeness (QED) is 0.434. The van der Waals surface area contributed by atoms with Crippen LogP contribution in [-0.2, 0) is 9.47 Å². The van der Waals surface area contributed by atoms with Crippen molar-refractivity contribution in [2.75, 3.05) is 26.2 Å². The maximum absolute atomic E-state index is 6.74. The highest BCUT2D eigenvalue weighted by Gasteiger charge is 2.38. The summed E-state index contributed by atoms with van der Waals surface area (Å²) in [5, 5.41) is 0. The number of piperidine rings is 2. The SMILES string of the molecule is C1CCC[C@@H]2CCCN3CC[C@H](CCCCCC[C@@H]4CCCN5CC[C@H](CC1)O[C@@H]45)O[C@@H]23. The Morgan fingerprint density at radius 1 is 0.375 bits per heavy atom. The molecular formula is C28H50N2O2. The minimum atomic E-state index is 0.440. The molecule has 4 bridgehead atoms. The Morgan fingerprint density at radius 3 is 1.25 bits per heavy atom. The molecule has 0 amide bonds. The van der Waals surface area contributed by atoms with E-state index in [9.17, 15) is 0 Å². The van der Waals surface area contributed by atoms with E-state index in [-0.39, 0.29) is 0 Å². The molecule has 5 heterocycles. The van der Waals surface area contributed by atoms with E-state index in [4.69, 9.17) is 9.47 Å². The van der Waals surface area contributed by atoms with Crippen molar-refractivity contribution in [3.8, 4) is 0 Å². The molecule has 0 saturated carbocycles. The Kier molecular flexibility index (Phi) is 8.84. The van der Waals surface area contributed by atoms with E-state index >= 15 is 0 Å². The minimum Gasteiger partial charge on any atom is -0.360 e. The van der Waals surface area contributed by atoms with Crippen molar-refractivity contribution in [2.24, 2.45) is 11.8 Å². The van der Waals surface area contributed by atoms with E-state index in [2.05, 4.69) is 9.80 Å². The molecular weight excluding hydrogens is 396 g/mol. The molecule has 4 nitrogen and oxygen atoms in total. The van der Waals surface area contributed by atoms with E-state index in [1.54, 1.807) is 0 Å². The Bertz CT molecular complexity index is 510. The van der Waals surface area contributed by atoms with Crippen molar-refractivity contribution in [2.45, 2.75) is 140 Å². The molecule has 5 aliphatic heterocycles. The second-order valence-corrected chi connectivity index (χ2v) is 11.7. The lowest BCUT2D eigenvalue weighted by atomic mass is 9.87. The average Bonchev–Trinajstić information content (AvgIpc) is 2.83. The highest BCUT2D eigenvalue weighted by molar-refractivity contribution is 4.85. The molecule has 0 aromatic heterocycles. The summed E-state index contributed by atoms with van der Waals surface area (Å²) in [6, 6.07) is 0. The molecule has 0 N–H and O–H groups in total. The van der Waals surface area contributed by atoms with Gasteiger partial charge in [0.1, 0.15) is 12.5 Å². The van der Waals surface area contributed by atoms with Crippen LogP contribution in [0.1, 0.15) is 116 Å². The van der Waals surface area contributed by atoms with Gasteiger partial charge in [-0.2, -0.15) is 0 Å². The molecule has 32 heavy (non-hydrogen) atoms. The van der Waals surface area contributed by atoms with E-state index in [1.165, 1.54) is 142 Å². The van der Waals surface area contributed by atoms with Crippen LogP contribution in [0.5, 0.6) is 0 Å². The van der Waals surface area contributed by atoms with Gasteiger partial charge in [0.2, 0.25) is 0 Å². The fourth-order valence-electron chi connectivity index (χ4n) is 7.53. The summed E-state index contributed by atoms with van der Waals surface area (Å²) >= 11 is 0. The summed E-state index contributed by atoms with van der Waals surface area (Å²) in [4.78, 5) is 5.36. The van der Waals surface area contributed by atoms with Gasteiger partial charge in [0, 0.05) is 26.2 Å². The van der Waals surface area contributed by atoms with Crippen LogP contribution < -0.4 is 0 Å². The van der Waals surface area contributed by atoms with Gasteiger partial charge in [-0.05, 0) is 76.0 Å². The molecule has 5 fully saturated rings. The zero-order valence-electron chi connectivity index (χ0n) is 20.7. The van der Waals surface area contributed by atoms with Crippen molar-refractivity contribution in [1.82, 2.24) is 9.80 Å². The molecule has 0 unspecified atom stereocenters. The molecule has 5 saturated heterocycles. The summed E-state index contributed by atoms with van der Waals surface area (Å²) < 4.78 is 13.5. The maximum atomic E-state index is 6.74.